The number of aliphatic hydroxyl groups excluding tert-OH is 1. The van der Waals surface area contributed by atoms with E-state index in [1.807, 2.05) is 35.2 Å². The fraction of sp³-hybridized carbons (Fsp3) is 0.318. The Hall–Kier alpha value is -3.08. The predicted octanol–water partition coefficient (Wildman–Crippen LogP) is 1.38. The minimum Gasteiger partial charge on any atom is -0.388 e. The van der Waals surface area contributed by atoms with Gasteiger partial charge in [0, 0.05) is 46.5 Å². The smallest absolute Gasteiger partial charge is 0.243 e. The molecule has 2 aromatic carbocycles. The molecule has 1 aliphatic rings. The van der Waals surface area contributed by atoms with Gasteiger partial charge in [-0.1, -0.05) is 30.3 Å². The van der Waals surface area contributed by atoms with Crippen molar-refractivity contribution in [1.29, 1.82) is 0 Å². The number of ketones is 1. The summed E-state index contributed by atoms with van der Waals surface area (Å²) in [6.07, 6.45) is 1.41. The van der Waals surface area contributed by atoms with E-state index in [-0.39, 0.29) is 10.5 Å². The summed E-state index contributed by atoms with van der Waals surface area (Å²) in [6, 6.07) is 12.8. The minimum atomic E-state index is -3.62. The van der Waals surface area contributed by atoms with E-state index in [0.717, 1.165) is 10.8 Å². The highest BCUT2D eigenvalue weighted by molar-refractivity contribution is 7.89. The fourth-order valence-electron chi connectivity index (χ4n) is 3.74. The number of rotatable bonds is 6. The number of anilines is 2. The van der Waals surface area contributed by atoms with Gasteiger partial charge >= 0.3 is 0 Å². The molecule has 0 bridgehead atoms. The Bertz CT molecular complexity index is 1250. The number of aliphatic hydroxyl groups is 1. The summed E-state index contributed by atoms with van der Waals surface area (Å²) >= 11 is 0. The summed E-state index contributed by atoms with van der Waals surface area (Å²) in [5.74, 6) is 0.387. The van der Waals surface area contributed by atoms with Crippen LogP contribution in [-0.2, 0) is 10.0 Å². The number of aromatic nitrogens is 2. The molecule has 2 heterocycles. The third kappa shape index (κ3) is 4.16. The minimum absolute atomic E-state index is 0.249. The Morgan fingerprint density at radius 1 is 1.06 bits per heavy atom. The van der Waals surface area contributed by atoms with E-state index in [9.17, 15) is 18.3 Å². The van der Waals surface area contributed by atoms with E-state index < -0.39 is 22.4 Å². The van der Waals surface area contributed by atoms with Gasteiger partial charge in [-0.3, -0.25) is 4.79 Å². The Balaban J connectivity index is 1.52. The quantitative estimate of drug-likeness (QED) is 0.556. The average Bonchev–Trinajstić information content (AvgIpc) is 2.82. The maximum absolute atomic E-state index is 13.2. The van der Waals surface area contributed by atoms with Gasteiger partial charge in [0.2, 0.25) is 16.0 Å². The molecule has 1 aliphatic heterocycles. The van der Waals surface area contributed by atoms with Crippen LogP contribution in [0.3, 0.4) is 0 Å². The molecule has 4 rings (SSSR count). The maximum atomic E-state index is 13.2. The number of sulfonamides is 1. The van der Waals surface area contributed by atoms with E-state index >= 15 is 0 Å². The van der Waals surface area contributed by atoms with Gasteiger partial charge in [-0.15, -0.1) is 0 Å². The van der Waals surface area contributed by atoms with Crippen LogP contribution in [0.25, 0.3) is 10.8 Å². The van der Waals surface area contributed by atoms with E-state index in [2.05, 4.69) is 9.97 Å². The molecule has 3 aromatic rings. The first-order valence-electron chi connectivity index (χ1n) is 10.2. The lowest BCUT2D eigenvalue weighted by Crippen LogP contribution is -2.49. The summed E-state index contributed by atoms with van der Waals surface area (Å²) < 4.78 is 27.8. The molecule has 1 aromatic heterocycles. The highest BCUT2D eigenvalue weighted by atomic mass is 32.2. The Morgan fingerprint density at radius 3 is 2.41 bits per heavy atom. The third-order valence-corrected chi connectivity index (χ3v) is 7.40. The van der Waals surface area contributed by atoms with Crippen LogP contribution in [0, 0.1) is 0 Å². The number of Topliss-reactive ketones (excluding diaryl/α,β-unsaturated/α-hetero) is 1. The van der Waals surface area contributed by atoms with Crippen LogP contribution in [-0.4, -0.2) is 80.5 Å². The predicted molar refractivity (Wildman–Crippen MR) is 123 cm³/mol. The molecule has 0 amide bonds. The van der Waals surface area contributed by atoms with Gasteiger partial charge in [0.15, 0.2) is 5.78 Å². The van der Waals surface area contributed by atoms with Gasteiger partial charge in [-0.25, -0.2) is 13.4 Å². The van der Waals surface area contributed by atoms with Crippen LogP contribution in [0.5, 0.6) is 0 Å². The fourth-order valence-corrected chi connectivity index (χ4v) is 5.20. The topological polar surface area (TPSA) is 107 Å². The number of fused-ring (bicyclic) bond motifs is 1. The zero-order valence-corrected chi connectivity index (χ0v) is 18.8. The first kappa shape index (κ1) is 22.1. The first-order chi connectivity index (χ1) is 15.3. The normalized spacial score (nSPS) is 15.2. The number of carbonyl (C=O) groups is 1. The summed E-state index contributed by atoms with van der Waals surface area (Å²) in [5.41, 5.74) is 0.249. The second-order valence-electron chi connectivity index (χ2n) is 7.78. The van der Waals surface area contributed by atoms with Gasteiger partial charge < -0.3 is 14.9 Å². The highest BCUT2D eigenvalue weighted by Crippen LogP contribution is 2.25. The first-order valence-corrected chi connectivity index (χ1v) is 11.7. The highest BCUT2D eigenvalue weighted by Gasteiger charge is 2.30. The summed E-state index contributed by atoms with van der Waals surface area (Å²) in [4.78, 5) is 24.6. The number of hydrogen-bond donors (Lipinski definition) is 1. The largest absolute Gasteiger partial charge is 0.388 e. The number of carbonyl (C=O) groups excluding carboxylic acids is 1. The molecule has 10 heteroatoms. The van der Waals surface area contributed by atoms with E-state index in [0.29, 0.717) is 37.9 Å². The van der Waals surface area contributed by atoms with Crippen molar-refractivity contribution >= 4 is 38.3 Å². The molecule has 0 saturated carbocycles. The van der Waals surface area contributed by atoms with Gasteiger partial charge in [0.05, 0.1) is 10.5 Å². The van der Waals surface area contributed by atoms with E-state index in [1.165, 1.54) is 10.5 Å². The van der Waals surface area contributed by atoms with Crippen LogP contribution < -0.4 is 9.80 Å². The van der Waals surface area contributed by atoms with Gasteiger partial charge in [-0.2, -0.15) is 9.29 Å². The summed E-state index contributed by atoms with van der Waals surface area (Å²) in [5, 5.41) is 11.1. The Morgan fingerprint density at radius 2 is 1.75 bits per heavy atom. The van der Waals surface area contributed by atoms with E-state index in [1.54, 1.807) is 31.1 Å². The lowest BCUT2D eigenvalue weighted by molar-refractivity contribution is 0.0903. The zero-order chi connectivity index (χ0) is 22.9. The molecule has 0 atom stereocenters. The standard InChI is InChI=1S/C22H25N5O4S/c1-25(2)21-19(20(29)15-28)14-23-22(24-21)26-9-11-27(12-10-26)32(30,31)18-8-7-16-5-3-4-6-17(16)13-18/h3-8,13-14,28H,9-12,15H2,1-2H3. The summed E-state index contributed by atoms with van der Waals surface area (Å²) in [7, 11) is -0.100. The summed E-state index contributed by atoms with van der Waals surface area (Å²) in [6.45, 7) is 0.828. The number of nitrogens with zero attached hydrogens (tertiary/aromatic N) is 5. The molecule has 0 radical (unpaired) electrons. The van der Waals surface area contributed by atoms with Gasteiger partial charge in [-0.05, 0) is 22.9 Å². The van der Waals surface area contributed by atoms with Crippen LogP contribution in [0.4, 0.5) is 11.8 Å². The maximum Gasteiger partial charge on any atom is 0.243 e. The van der Waals surface area contributed by atoms with Crippen molar-refractivity contribution in [2.75, 3.05) is 56.7 Å². The second kappa shape index (κ2) is 8.81. The molecule has 1 saturated heterocycles. The second-order valence-corrected chi connectivity index (χ2v) is 9.72. The molecule has 32 heavy (non-hydrogen) atoms. The van der Waals surface area contributed by atoms with Crippen molar-refractivity contribution in [3.8, 4) is 0 Å². The molecular weight excluding hydrogens is 430 g/mol. The monoisotopic (exact) mass is 455 g/mol. The number of benzene rings is 2. The van der Waals surface area contributed by atoms with E-state index in [4.69, 9.17) is 0 Å². The van der Waals surface area contributed by atoms with Crippen LogP contribution >= 0.6 is 0 Å². The number of hydrogen-bond acceptors (Lipinski definition) is 8. The molecule has 1 fully saturated rings. The van der Waals surface area contributed by atoms with Crippen LogP contribution in [0.2, 0.25) is 0 Å². The molecule has 9 nitrogen and oxygen atoms in total. The van der Waals surface area contributed by atoms with Crippen molar-refractivity contribution in [2.45, 2.75) is 4.90 Å². The van der Waals surface area contributed by atoms with Crippen molar-refractivity contribution < 1.29 is 18.3 Å². The third-order valence-electron chi connectivity index (χ3n) is 5.50. The molecule has 0 aliphatic carbocycles. The Kier molecular flexibility index (Phi) is 6.09. The average molecular weight is 456 g/mol. The van der Waals surface area contributed by atoms with Gasteiger partial charge in [0.25, 0.3) is 0 Å². The molecule has 0 spiro atoms. The lowest BCUT2D eigenvalue weighted by Gasteiger charge is -2.34. The Labute approximate surface area is 187 Å². The molecule has 1 N–H and O–H groups in total. The molecular formula is C22H25N5O4S. The van der Waals surface area contributed by atoms with Crippen molar-refractivity contribution in [3.05, 3.63) is 54.2 Å². The van der Waals surface area contributed by atoms with Crippen LogP contribution in [0.15, 0.2) is 53.6 Å². The zero-order valence-electron chi connectivity index (χ0n) is 18.0. The van der Waals surface area contributed by atoms with Crippen LogP contribution in [0.1, 0.15) is 10.4 Å². The molecule has 168 valence electrons. The lowest BCUT2D eigenvalue weighted by atomic mass is 10.1. The van der Waals surface area contributed by atoms with Crippen molar-refractivity contribution in [2.24, 2.45) is 0 Å². The van der Waals surface area contributed by atoms with Crippen molar-refractivity contribution in [1.82, 2.24) is 14.3 Å². The molecule has 0 unspecified atom stereocenters. The SMILES string of the molecule is CN(C)c1nc(N2CCN(S(=O)(=O)c3ccc4ccccc4c3)CC2)ncc1C(=O)CO. The van der Waals surface area contributed by atoms with Crippen molar-refractivity contribution in [3.63, 3.8) is 0 Å². The van der Waals surface area contributed by atoms with Gasteiger partial charge in [0.1, 0.15) is 12.4 Å². The number of piperazine rings is 1.